The minimum Gasteiger partial charge on any atom is -0.353 e. The molecule has 0 aliphatic heterocycles. The van der Waals surface area contributed by atoms with E-state index in [9.17, 15) is 9.59 Å². The highest BCUT2D eigenvalue weighted by Crippen LogP contribution is 2.08. The SMILES string of the molecule is C=CC(=O)NCCCCCCCC(=O)Cc1ccc(CC)nc1. The molecule has 0 radical (unpaired) electrons. The number of hydrogen-bond acceptors (Lipinski definition) is 3. The van der Waals surface area contributed by atoms with E-state index >= 15 is 0 Å². The van der Waals surface area contributed by atoms with Crippen molar-refractivity contribution in [1.82, 2.24) is 10.3 Å². The zero-order chi connectivity index (χ0) is 16.9. The Morgan fingerprint density at radius 2 is 1.91 bits per heavy atom. The Kier molecular flexibility index (Phi) is 9.60. The van der Waals surface area contributed by atoms with Crippen molar-refractivity contribution in [2.75, 3.05) is 6.54 Å². The normalized spacial score (nSPS) is 10.3. The summed E-state index contributed by atoms with van der Waals surface area (Å²) < 4.78 is 0. The summed E-state index contributed by atoms with van der Waals surface area (Å²) in [7, 11) is 0. The Balaban J connectivity index is 2.03. The Hall–Kier alpha value is -1.97. The molecule has 4 heteroatoms. The lowest BCUT2D eigenvalue weighted by atomic mass is 10.0. The van der Waals surface area contributed by atoms with Crippen LogP contribution in [0.2, 0.25) is 0 Å². The van der Waals surface area contributed by atoms with Gasteiger partial charge in [-0.2, -0.15) is 0 Å². The van der Waals surface area contributed by atoms with Crippen LogP contribution in [0.5, 0.6) is 0 Å². The number of rotatable bonds is 12. The highest BCUT2D eigenvalue weighted by molar-refractivity contribution is 5.86. The lowest BCUT2D eigenvalue weighted by Gasteiger charge is -2.04. The summed E-state index contributed by atoms with van der Waals surface area (Å²) in [4.78, 5) is 27.2. The molecule has 4 nitrogen and oxygen atoms in total. The summed E-state index contributed by atoms with van der Waals surface area (Å²) in [6.07, 6.45) is 10.3. The average Bonchev–Trinajstić information content (AvgIpc) is 2.57. The van der Waals surface area contributed by atoms with E-state index in [1.807, 2.05) is 18.3 Å². The first-order valence-corrected chi connectivity index (χ1v) is 8.51. The highest BCUT2D eigenvalue weighted by atomic mass is 16.1. The van der Waals surface area contributed by atoms with Crippen molar-refractivity contribution in [2.45, 2.75) is 58.3 Å². The maximum absolute atomic E-state index is 11.9. The second kappa shape index (κ2) is 11.6. The third kappa shape index (κ3) is 8.91. The summed E-state index contributed by atoms with van der Waals surface area (Å²) in [6, 6.07) is 4.00. The van der Waals surface area contributed by atoms with E-state index in [0.29, 0.717) is 19.4 Å². The standard InChI is InChI=1S/C19H28N2O2/c1-3-17-12-11-16(15-21-17)14-18(22)10-8-6-5-7-9-13-20-19(23)4-2/h4,11-12,15H,2-3,5-10,13-14H2,1H3,(H,20,23). The largest absolute Gasteiger partial charge is 0.353 e. The van der Waals surface area contributed by atoms with Crippen molar-refractivity contribution < 1.29 is 9.59 Å². The number of hydrogen-bond donors (Lipinski definition) is 1. The van der Waals surface area contributed by atoms with Crippen LogP contribution in [-0.2, 0) is 22.4 Å². The first-order valence-electron chi connectivity index (χ1n) is 8.51. The predicted molar refractivity (Wildman–Crippen MR) is 93.2 cm³/mol. The predicted octanol–water partition coefficient (Wildman–Crippen LogP) is 3.40. The van der Waals surface area contributed by atoms with E-state index in [-0.39, 0.29) is 11.7 Å². The van der Waals surface area contributed by atoms with Gasteiger partial charge in [0.2, 0.25) is 5.91 Å². The fourth-order valence-electron chi connectivity index (χ4n) is 2.35. The molecule has 0 aliphatic rings. The van der Waals surface area contributed by atoms with Crippen molar-refractivity contribution >= 4 is 11.7 Å². The summed E-state index contributed by atoms with van der Waals surface area (Å²) in [5, 5.41) is 2.76. The molecular weight excluding hydrogens is 288 g/mol. The minimum absolute atomic E-state index is 0.114. The lowest BCUT2D eigenvalue weighted by molar-refractivity contribution is -0.118. The molecule has 1 heterocycles. The number of nitrogens with zero attached hydrogens (tertiary/aromatic N) is 1. The van der Waals surface area contributed by atoms with Crippen LogP contribution >= 0.6 is 0 Å². The molecule has 0 aliphatic carbocycles. The topological polar surface area (TPSA) is 59.1 Å². The third-order valence-corrected chi connectivity index (χ3v) is 3.77. The van der Waals surface area contributed by atoms with Gasteiger partial charge in [-0.15, -0.1) is 0 Å². The van der Waals surface area contributed by atoms with Crippen LogP contribution in [0, 0.1) is 0 Å². The molecule has 0 saturated heterocycles. The Labute approximate surface area is 139 Å². The summed E-state index contributed by atoms with van der Waals surface area (Å²) in [6.45, 7) is 6.18. The van der Waals surface area contributed by atoms with Gasteiger partial charge >= 0.3 is 0 Å². The Morgan fingerprint density at radius 3 is 2.57 bits per heavy atom. The maximum atomic E-state index is 11.9. The molecule has 0 atom stereocenters. The Morgan fingerprint density at radius 1 is 1.17 bits per heavy atom. The van der Waals surface area contributed by atoms with Crippen LogP contribution in [0.3, 0.4) is 0 Å². The number of aryl methyl sites for hydroxylation is 1. The van der Waals surface area contributed by atoms with Gasteiger partial charge < -0.3 is 5.32 Å². The molecule has 1 amide bonds. The van der Waals surface area contributed by atoms with Gasteiger partial charge in [0.15, 0.2) is 0 Å². The second-order valence-corrected chi connectivity index (χ2v) is 5.74. The van der Waals surface area contributed by atoms with E-state index in [0.717, 1.165) is 49.8 Å². The molecule has 0 spiro atoms. The first-order chi connectivity index (χ1) is 11.2. The van der Waals surface area contributed by atoms with Gasteiger partial charge in [-0.3, -0.25) is 14.6 Å². The van der Waals surface area contributed by atoms with Gasteiger partial charge in [0.25, 0.3) is 0 Å². The van der Waals surface area contributed by atoms with E-state index in [1.165, 1.54) is 6.08 Å². The van der Waals surface area contributed by atoms with E-state index in [2.05, 4.69) is 23.8 Å². The first kappa shape index (κ1) is 19.1. The molecule has 1 N–H and O–H groups in total. The van der Waals surface area contributed by atoms with Gasteiger partial charge in [-0.1, -0.05) is 38.8 Å². The van der Waals surface area contributed by atoms with E-state index in [1.54, 1.807) is 0 Å². The summed E-state index contributed by atoms with van der Waals surface area (Å²) in [5.74, 6) is 0.173. The fraction of sp³-hybridized carbons (Fsp3) is 0.526. The number of pyridine rings is 1. The van der Waals surface area contributed by atoms with E-state index < -0.39 is 0 Å². The van der Waals surface area contributed by atoms with Crippen LogP contribution in [0.15, 0.2) is 31.0 Å². The molecule has 0 bridgehead atoms. The monoisotopic (exact) mass is 316 g/mol. The van der Waals surface area contributed by atoms with Gasteiger partial charge in [0, 0.05) is 31.3 Å². The van der Waals surface area contributed by atoms with Crippen LogP contribution < -0.4 is 5.32 Å². The molecule has 1 rings (SSSR count). The number of amides is 1. The van der Waals surface area contributed by atoms with Gasteiger partial charge in [0.05, 0.1) is 0 Å². The summed E-state index contributed by atoms with van der Waals surface area (Å²) >= 11 is 0. The van der Waals surface area contributed by atoms with Crippen molar-refractivity contribution in [3.05, 3.63) is 42.2 Å². The number of carbonyl (C=O) groups is 2. The summed E-state index contributed by atoms with van der Waals surface area (Å²) in [5.41, 5.74) is 2.07. The quantitative estimate of drug-likeness (QED) is 0.475. The Bertz CT molecular complexity index is 495. The number of carbonyl (C=O) groups excluding carboxylic acids is 2. The number of Topliss-reactive ketones (excluding diaryl/α,β-unsaturated/α-hetero) is 1. The van der Waals surface area contributed by atoms with Crippen molar-refractivity contribution in [3.63, 3.8) is 0 Å². The zero-order valence-electron chi connectivity index (χ0n) is 14.1. The lowest BCUT2D eigenvalue weighted by Crippen LogP contribution is -2.21. The molecule has 0 unspecified atom stereocenters. The third-order valence-electron chi connectivity index (χ3n) is 3.77. The van der Waals surface area contributed by atoms with Crippen LogP contribution in [0.25, 0.3) is 0 Å². The molecule has 1 aromatic heterocycles. The van der Waals surface area contributed by atoms with Crippen LogP contribution in [-0.4, -0.2) is 23.2 Å². The molecule has 0 fully saturated rings. The van der Waals surface area contributed by atoms with Crippen LogP contribution in [0.4, 0.5) is 0 Å². The van der Waals surface area contributed by atoms with Crippen molar-refractivity contribution in [3.8, 4) is 0 Å². The molecular formula is C19H28N2O2. The smallest absolute Gasteiger partial charge is 0.243 e. The average molecular weight is 316 g/mol. The van der Waals surface area contributed by atoms with Crippen molar-refractivity contribution in [1.29, 1.82) is 0 Å². The van der Waals surface area contributed by atoms with Crippen molar-refractivity contribution in [2.24, 2.45) is 0 Å². The molecule has 126 valence electrons. The molecule has 23 heavy (non-hydrogen) atoms. The number of unbranched alkanes of at least 4 members (excludes halogenated alkanes) is 4. The van der Waals surface area contributed by atoms with E-state index in [4.69, 9.17) is 0 Å². The zero-order valence-corrected chi connectivity index (χ0v) is 14.1. The van der Waals surface area contributed by atoms with Gasteiger partial charge in [-0.05, 0) is 37.0 Å². The van der Waals surface area contributed by atoms with Gasteiger partial charge in [-0.25, -0.2) is 0 Å². The number of aromatic nitrogens is 1. The molecule has 1 aromatic rings. The fourth-order valence-corrected chi connectivity index (χ4v) is 2.35. The number of ketones is 1. The molecule has 0 aromatic carbocycles. The number of nitrogens with one attached hydrogen (secondary N) is 1. The van der Waals surface area contributed by atoms with Gasteiger partial charge in [0.1, 0.15) is 5.78 Å². The maximum Gasteiger partial charge on any atom is 0.243 e. The molecule has 0 saturated carbocycles. The minimum atomic E-state index is -0.114. The van der Waals surface area contributed by atoms with Crippen LogP contribution in [0.1, 0.15) is 56.7 Å². The highest BCUT2D eigenvalue weighted by Gasteiger charge is 2.04. The second-order valence-electron chi connectivity index (χ2n) is 5.74.